The van der Waals surface area contributed by atoms with Crippen LogP contribution >= 0.6 is 0 Å². The molecule has 0 unspecified atom stereocenters. The van der Waals surface area contributed by atoms with Gasteiger partial charge in [0.2, 0.25) is 0 Å². The molecule has 4 heteroatoms. The van der Waals surface area contributed by atoms with E-state index in [-0.39, 0.29) is 12.2 Å². The summed E-state index contributed by atoms with van der Waals surface area (Å²) in [6, 6.07) is 6.32. The maximum absolute atomic E-state index is 12.7. The quantitative estimate of drug-likeness (QED) is 0.794. The number of rotatable bonds is 7. The van der Waals surface area contributed by atoms with Crippen LogP contribution in [0.5, 0.6) is 0 Å². The van der Waals surface area contributed by atoms with Gasteiger partial charge in [-0.2, -0.15) is 0 Å². The molecule has 0 bridgehead atoms. The molecule has 0 spiro atoms. The largest absolute Gasteiger partial charge is 0.481 e. The van der Waals surface area contributed by atoms with Crippen molar-refractivity contribution in [3.8, 4) is 0 Å². The van der Waals surface area contributed by atoms with Gasteiger partial charge in [0.1, 0.15) is 5.82 Å². The Kier molecular flexibility index (Phi) is 5.63. The third-order valence-electron chi connectivity index (χ3n) is 2.50. The molecule has 0 saturated carbocycles. The molecule has 0 fully saturated rings. The second-order valence-electron chi connectivity index (χ2n) is 4.05. The van der Waals surface area contributed by atoms with Crippen molar-refractivity contribution < 1.29 is 14.3 Å². The fraction of sp³-hybridized carbons (Fsp3) is 0.462. The smallest absolute Gasteiger partial charge is 0.304 e. The normalized spacial score (nSPS) is 10.8. The number of nitrogens with zero attached hydrogens (tertiary/aromatic N) is 1. The van der Waals surface area contributed by atoms with Gasteiger partial charge in [0.05, 0.1) is 6.42 Å². The van der Waals surface area contributed by atoms with E-state index in [2.05, 4.69) is 11.8 Å². The van der Waals surface area contributed by atoms with E-state index in [9.17, 15) is 9.18 Å². The molecular formula is C13H18FNO2. The van der Waals surface area contributed by atoms with E-state index < -0.39 is 5.97 Å². The number of halogens is 1. The average molecular weight is 239 g/mol. The van der Waals surface area contributed by atoms with Gasteiger partial charge in [-0.05, 0) is 30.7 Å². The highest BCUT2D eigenvalue weighted by Crippen LogP contribution is 2.07. The first-order valence-electron chi connectivity index (χ1n) is 5.80. The lowest BCUT2D eigenvalue weighted by Gasteiger charge is -2.20. The molecule has 0 atom stereocenters. The molecule has 1 rings (SSSR count). The van der Waals surface area contributed by atoms with Crippen LogP contribution in [0.25, 0.3) is 0 Å². The van der Waals surface area contributed by atoms with Crippen LogP contribution in [-0.2, 0) is 11.3 Å². The molecule has 3 nitrogen and oxygen atoms in total. The fourth-order valence-corrected chi connectivity index (χ4v) is 1.69. The molecule has 0 amide bonds. The van der Waals surface area contributed by atoms with Crippen LogP contribution in [0, 0.1) is 5.82 Å². The van der Waals surface area contributed by atoms with Gasteiger partial charge >= 0.3 is 5.97 Å². The van der Waals surface area contributed by atoms with E-state index in [0.29, 0.717) is 13.1 Å². The Balaban J connectivity index is 2.53. The van der Waals surface area contributed by atoms with Gasteiger partial charge in [0, 0.05) is 13.1 Å². The lowest BCUT2D eigenvalue weighted by atomic mass is 10.2. The van der Waals surface area contributed by atoms with Gasteiger partial charge in [0.15, 0.2) is 0 Å². The summed E-state index contributed by atoms with van der Waals surface area (Å²) < 4.78 is 12.7. The first-order chi connectivity index (χ1) is 8.11. The van der Waals surface area contributed by atoms with Gasteiger partial charge in [-0.25, -0.2) is 4.39 Å². The van der Waals surface area contributed by atoms with Crippen molar-refractivity contribution in [1.29, 1.82) is 0 Å². The van der Waals surface area contributed by atoms with E-state index in [0.717, 1.165) is 18.5 Å². The third kappa shape index (κ3) is 5.45. The van der Waals surface area contributed by atoms with Crippen molar-refractivity contribution in [1.82, 2.24) is 4.90 Å². The number of benzene rings is 1. The van der Waals surface area contributed by atoms with E-state index >= 15 is 0 Å². The molecule has 0 aliphatic rings. The zero-order valence-corrected chi connectivity index (χ0v) is 10.0. The molecule has 0 aromatic heterocycles. The van der Waals surface area contributed by atoms with Gasteiger partial charge in [-0.15, -0.1) is 0 Å². The molecule has 1 N–H and O–H groups in total. The Hall–Kier alpha value is -1.42. The van der Waals surface area contributed by atoms with Crippen molar-refractivity contribution in [3.05, 3.63) is 35.6 Å². The van der Waals surface area contributed by atoms with Crippen LogP contribution in [-0.4, -0.2) is 29.1 Å². The Labute approximate surface area is 101 Å². The summed E-state index contributed by atoms with van der Waals surface area (Å²) in [5.74, 6) is -1.04. The van der Waals surface area contributed by atoms with E-state index in [1.165, 1.54) is 12.1 Å². The second-order valence-corrected chi connectivity index (χ2v) is 4.05. The van der Waals surface area contributed by atoms with Crippen LogP contribution < -0.4 is 0 Å². The highest BCUT2D eigenvalue weighted by Gasteiger charge is 2.07. The van der Waals surface area contributed by atoms with Gasteiger partial charge in [-0.3, -0.25) is 9.69 Å². The number of carboxylic acid groups (broad SMARTS) is 1. The monoisotopic (exact) mass is 239 g/mol. The number of hydrogen-bond acceptors (Lipinski definition) is 2. The summed E-state index contributed by atoms with van der Waals surface area (Å²) in [5.41, 5.74) is 1.00. The number of carboxylic acids is 1. The molecule has 0 heterocycles. The minimum Gasteiger partial charge on any atom is -0.481 e. The molecule has 94 valence electrons. The predicted molar refractivity (Wildman–Crippen MR) is 64.2 cm³/mol. The van der Waals surface area contributed by atoms with Crippen molar-refractivity contribution in [2.24, 2.45) is 0 Å². The topological polar surface area (TPSA) is 40.5 Å². The molecule has 0 aliphatic heterocycles. The average Bonchev–Trinajstić information content (AvgIpc) is 2.29. The second kappa shape index (κ2) is 7.01. The van der Waals surface area contributed by atoms with E-state index in [1.54, 1.807) is 12.1 Å². The molecule has 17 heavy (non-hydrogen) atoms. The minimum atomic E-state index is -0.787. The van der Waals surface area contributed by atoms with Crippen LogP contribution in [0.4, 0.5) is 4.39 Å². The fourth-order valence-electron chi connectivity index (χ4n) is 1.69. The number of aliphatic carboxylic acids is 1. The van der Waals surface area contributed by atoms with Gasteiger partial charge < -0.3 is 5.11 Å². The summed E-state index contributed by atoms with van der Waals surface area (Å²) in [6.07, 6.45) is 1.11. The highest BCUT2D eigenvalue weighted by atomic mass is 19.1. The zero-order valence-electron chi connectivity index (χ0n) is 10.0. The van der Waals surface area contributed by atoms with Crippen LogP contribution in [0.3, 0.4) is 0 Å². The van der Waals surface area contributed by atoms with Crippen molar-refractivity contribution >= 4 is 5.97 Å². The lowest BCUT2D eigenvalue weighted by Crippen LogP contribution is -2.26. The molecule has 1 aromatic carbocycles. The maximum Gasteiger partial charge on any atom is 0.304 e. The zero-order chi connectivity index (χ0) is 12.7. The molecule has 1 aromatic rings. The summed E-state index contributed by atoms with van der Waals surface area (Å²) in [4.78, 5) is 12.6. The first-order valence-corrected chi connectivity index (χ1v) is 5.80. The number of carbonyl (C=O) groups is 1. The first kappa shape index (κ1) is 13.6. The van der Waals surface area contributed by atoms with Crippen molar-refractivity contribution in [3.63, 3.8) is 0 Å². The van der Waals surface area contributed by atoms with Crippen molar-refractivity contribution in [2.75, 3.05) is 13.1 Å². The predicted octanol–water partition coefficient (Wildman–Crippen LogP) is 2.51. The molecule has 0 saturated heterocycles. The standard InChI is InChI=1S/C13H18FNO2/c1-2-8-15(9-7-13(16)17)10-11-3-5-12(14)6-4-11/h3-6H,2,7-10H2,1H3,(H,16,17). The summed E-state index contributed by atoms with van der Waals surface area (Å²) in [6.45, 7) is 4.10. The lowest BCUT2D eigenvalue weighted by molar-refractivity contribution is -0.137. The van der Waals surface area contributed by atoms with Crippen LogP contribution in [0.1, 0.15) is 25.3 Å². The summed E-state index contributed by atoms with van der Waals surface area (Å²) in [5, 5.41) is 8.66. The van der Waals surface area contributed by atoms with Crippen LogP contribution in [0.15, 0.2) is 24.3 Å². The van der Waals surface area contributed by atoms with Gasteiger partial charge in [-0.1, -0.05) is 19.1 Å². The Bertz CT molecular complexity index is 351. The molecule has 0 radical (unpaired) electrons. The Morgan fingerprint density at radius 1 is 1.29 bits per heavy atom. The molecule has 0 aliphatic carbocycles. The van der Waals surface area contributed by atoms with E-state index in [1.807, 2.05) is 0 Å². The minimum absolute atomic E-state index is 0.140. The Morgan fingerprint density at radius 2 is 1.94 bits per heavy atom. The SMILES string of the molecule is CCCN(CCC(=O)O)Cc1ccc(F)cc1. The van der Waals surface area contributed by atoms with E-state index in [4.69, 9.17) is 5.11 Å². The Morgan fingerprint density at radius 3 is 2.47 bits per heavy atom. The maximum atomic E-state index is 12.7. The summed E-state index contributed by atoms with van der Waals surface area (Å²) >= 11 is 0. The van der Waals surface area contributed by atoms with Gasteiger partial charge in [0.25, 0.3) is 0 Å². The summed E-state index contributed by atoms with van der Waals surface area (Å²) in [7, 11) is 0. The van der Waals surface area contributed by atoms with Crippen molar-refractivity contribution in [2.45, 2.75) is 26.3 Å². The molecular weight excluding hydrogens is 221 g/mol. The number of hydrogen-bond donors (Lipinski definition) is 1. The third-order valence-corrected chi connectivity index (χ3v) is 2.50. The van der Waals surface area contributed by atoms with Crippen LogP contribution in [0.2, 0.25) is 0 Å². The highest BCUT2D eigenvalue weighted by molar-refractivity contribution is 5.66.